The number of nitrogens with zero attached hydrogens (tertiary/aromatic N) is 1. The fraction of sp³-hybridized carbons (Fsp3) is 0.308. The summed E-state index contributed by atoms with van der Waals surface area (Å²) >= 11 is 0. The third kappa shape index (κ3) is 5.50. The molecule has 1 fully saturated rings. The summed E-state index contributed by atoms with van der Waals surface area (Å²) in [5.41, 5.74) is 5.74. The molecule has 5 nitrogen and oxygen atoms in total. The van der Waals surface area contributed by atoms with Gasteiger partial charge in [-0.2, -0.15) is 0 Å². The molecule has 4 rings (SSSR count). The van der Waals surface area contributed by atoms with Crippen LogP contribution in [0.3, 0.4) is 0 Å². The Morgan fingerprint density at radius 2 is 1.68 bits per heavy atom. The summed E-state index contributed by atoms with van der Waals surface area (Å²) in [6.45, 7) is 6.71. The van der Waals surface area contributed by atoms with Gasteiger partial charge in [-0.3, -0.25) is 0 Å². The molecule has 5 heteroatoms. The lowest BCUT2D eigenvalue weighted by Gasteiger charge is -2.29. The van der Waals surface area contributed by atoms with E-state index in [0.29, 0.717) is 13.2 Å². The molecule has 1 aliphatic heterocycles. The number of aryl methyl sites for hydroxylation is 1. The minimum Gasteiger partial charge on any atom is -0.493 e. The fourth-order valence-corrected chi connectivity index (χ4v) is 3.67. The number of benzene rings is 3. The number of ether oxygens (including phenoxy) is 3. The molecule has 0 bridgehead atoms. The van der Waals surface area contributed by atoms with Gasteiger partial charge in [0.2, 0.25) is 0 Å². The Bertz CT molecular complexity index is 965. The Morgan fingerprint density at radius 1 is 0.935 bits per heavy atom. The molecule has 0 amide bonds. The maximum Gasteiger partial charge on any atom is 0.166 e. The molecule has 0 aliphatic carbocycles. The monoisotopic (exact) mass is 418 g/mol. The minimum atomic E-state index is 0.502. The first kappa shape index (κ1) is 21.1. The van der Waals surface area contributed by atoms with Crippen molar-refractivity contribution in [1.29, 1.82) is 0 Å². The number of rotatable bonds is 8. The summed E-state index contributed by atoms with van der Waals surface area (Å²) in [4.78, 5) is 2.35. The summed E-state index contributed by atoms with van der Waals surface area (Å²) < 4.78 is 17.2. The van der Waals surface area contributed by atoms with E-state index in [9.17, 15) is 0 Å². The lowest BCUT2D eigenvalue weighted by Crippen LogP contribution is -2.36. The van der Waals surface area contributed by atoms with Crippen molar-refractivity contribution in [2.24, 2.45) is 0 Å². The highest BCUT2D eigenvalue weighted by molar-refractivity contribution is 5.56. The smallest absolute Gasteiger partial charge is 0.166 e. The number of para-hydroxylation sites is 1. The van der Waals surface area contributed by atoms with Crippen LogP contribution in [0.5, 0.6) is 11.5 Å². The second-order valence-corrected chi connectivity index (χ2v) is 7.72. The maximum atomic E-state index is 6.19. The first-order valence-corrected chi connectivity index (χ1v) is 10.7. The first-order chi connectivity index (χ1) is 15.2. The summed E-state index contributed by atoms with van der Waals surface area (Å²) in [6, 6.07) is 23.0. The summed E-state index contributed by atoms with van der Waals surface area (Å²) in [5, 5.41) is 3.51. The Hall–Kier alpha value is -3.18. The topological polar surface area (TPSA) is 43.0 Å². The number of anilines is 2. The van der Waals surface area contributed by atoms with Gasteiger partial charge >= 0.3 is 0 Å². The van der Waals surface area contributed by atoms with Crippen LogP contribution in [0.25, 0.3) is 0 Å². The normalized spacial score (nSPS) is 13.7. The van der Waals surface area contributed by atoms with Gasteiger partial charge in [-0.05, 0) is 42.8 Å². The van der Waals surface area contributed by atoms with Crippen molar-refractivity contribution < 1.29 is 14.2 Å². The summed E-state index contributed by atoms with van der Waals surface area (Å²) in [6.07, 6.45) is 0. The molecule has 1 aliphatic rings. The van der Waals surface area contributed by atoms with Gasteiger partial charge in [0, 0.05) is 36.6 Å². The number of hydrogen-bond acceptors (Lipinski definition) is 5. The van der Waals surface area contributed by atoms with Crippen LogP contribution in [0.15, 0.2) is 66.7 Å². The van der Waals surface area contributed by atoms with Crippen LogP contribution in [-0.2, 0) is 17.9 Å². The van der Waals surface area contributed by atoms with E-state index < -0.39 is 0 Å². The molecule has 0 unspecified atom stereocenters. The highest BCUT2D eigenvalue weighted by Crippen LogP contribution is 2.32. The van der Waals surface area contributed by atoms with E-state index in [2.05, 4.69) is 71.7 Å². The SMILES string of the molecule is COc1cccc(CNc2ccc(N3CCOCC3)cc2)c1OCc1ccc(C)cc1. The minimum absolute atomic E-state index is 0.502. The lowest BCUT2D eigenvalue weighted by molar-refractivity contribution is 0.122. The third-order valence-electron chi connectivity index (χ3n) is 5.51. The Kier molecular flexibility index (Phi) is 6.95. The molecule has 162 valence electrons. The van der Waals surface area contributed by atoms with E-state index in [1.165, 1.54) is 11.3 Å². The number of nitrogens with one attached hydrogen (secondary N) is 1. The predicted molar refractivity (Wildman–Crippen MR) is 125 cm³/mol. The summed E-state index contributed by atoms with van der Waals surface area (Å²) in [5.74, 6) is 1.53. The quantitative estimate of drug-likeness (QED) is 0.556. The largest absolute Gasteiger partial charge is 0.493 e. The van der Waals surface area contributed by atoms with Gasteiger partial charge in [0.05, 0.1) is 20.3 Å². The van der Waals surface area contributed by atoms with Gasteiger partial charge in [-0.1, -0.05) is 42.0 Å². The standard InChI is InChI=1S/C26H30N2O3/c1-20-6-8-21(9-7-20)19-31-26-22(4-3-5-25(26)29-2)18-27-23-10-12-24(13-11-23)28-14-16-30-17-15-28/h3-13,27H,14-19H2,1-2H3. The third-order valence-corrected chi connectivity index (χ3v) is 5.51. The van der Waals surface area contributed by atoms with Crippen molar-refractivity contribution >= 4 is 11.4 Å². The average molecular weight is 419 g/mol. The van der Waals surface area contributed by atoms with Crippen LogP contribution in [0.1, 0.15) is 16.7 Å². The zero-order valence-corrected chi connectivity index (χ0v) is 18.3. The molecule has 0 atom stereocenters. The van der Waals surface area contributed by atoms with E-state index in [1.54, 1.807) is 7.11 Å². The van der Waals surface area contributed by atoms with Crippen molar-refractivity contribution in [3.05, 3.63) is 83.4 Å². The molecule has 0 aromatic heterocycles. The van der Waals surface area contributed by atoms with Crippen LogP contribution >= 0.6 is 0 Å². The second-order valence-electron chi connectivity index (χ2n) is 7.72. The maximum absolute atomic E-state index is 6.19. The lowest BCUT2D eigenvalue weighted by atomic mass is 10.1. The van der Waals surface area contributed by atoms with Crippen molar-refractivity contribution in [2.45, 2.75) is 20.1 Å². The molecule has 1 heterocycles. The van der Waals surface area contributed by atoms with E-state index in [1.807, 2.05) is 12.1 Å². The van der Waals surface area contributed by atoms with Crippen LogP contribution in [0, 0.1) is 6.92 Å². The molecule has 31 heavy (non-hydrogen) atoms. The number of morpholine rings is 1. The number of hydrogen-bond donors (Lipinski definition) is 1. The van der Waals surface area contributed by atoms with E-state index in [0.717, 1.165) is 54.6 Å². The molecular weight excluding hydrogens is 388 g/mol. The molecule has 0 radical (unpaired) electrons. The van der Waals surface area contributed by atoms with Crippen LogP contribution in [-0.4, -0.2) is 33.4 Å². The molecule has 3 aromatic carbocycles. The predicted octanol–water partition coefficient (Wildman–Crippen LogP) is 5.03. The van der Waals surface area contributed by atoms with Crippen LogP contribution in [0.4, 0.5) is 11.4 Å². The van der Waals surface area contributed by atoms with Crippen molar-refractivity contribution in [3.8, 4) is 11.5 Å². The first-order valence-electron chi connectivity index (χ1n) is 10.7. The van der Waals surface area contributed by atoms with Crippen molar-refractivity contribution in [3.63, 3.8) is 0 Å². The second kappa shape index (κ2) is 10.2. The van der Waals surface area contributed by atoms with Gasteiger partial charge in [0.15, 0.2) is 11.5 Å². The zero-order chi connectivity index (χ0) is 21.5. The molecule has 1 saturated heterocycles. The number of methoxy groups -OCH3 is 1. The van der Waals surface area contributed by atoms with Crippen LogP contribution in [0.2, 0.25) is 0 Å². The van der Waals surface area contributed by atoms with E-state index >= 15 is 0 Å². The average Bonchev–Trinajstić information content (AvgIpc) is 2.83. The van der Waals surface area contributed by atoms with Gasteiger partial charge in [0.1, 0.15) is 6.61 Å². The van der Waals surface area contributed by atoms with E-state index in [4.69, 9.17) is 14.2 Å². The molecule has 0 saturated carbocycles. The highest BCUT2D eigenvalue weighted by atomic mass is 16.5. The van der Waals surface area contributed by atoms with Gasteiger partial charge in [-0.25, -0.2) is 0 Å². The summed E-state index contributed by atoms with van der Waals surface area (Å²) in [7, 11) is 1.68. The fourth-order valence-electron chi connectivity index (χ4n) is 3.67. The zero-order valence-electron chi connectivity index (χ0n) is 18.3. The van der Waals surface area contributed by atoms with E-state index in [-0.39, 0.29) is 0 Å². The molecule has 1 N–H and O–H groups in total. The molecule has 0 spiro atoms. The van der Waals surface area contributed by atoms with Crippen LogP contribution < -0.4 is 19.7 Å². The van der Waals surface area contributed by atoms with Gasteiger partial charge in [0.25, 0.3) is 0 Å². The highest BCUT2D eigenvalue weighted by Gasteiger charge is 2.13. The Labute approximate surface area is 184 Å². The van der Waals surface area contributed by atoms with Crippen molar-refractivity contribution in [2.75, 3.05) is 43.6 Å². The van der Waals surface area contributed by atoms with Crippen molar-refractivity contribution in [1.82, 2.24) is 0 Å². The molecule has 3 aromatic rings. The van der Waals surface area contributed by atoms with Gasteiger partial charge in [-0.15, -0.1) is 0 Å². The Balaban J connectivity index is 1.42. The molecular formula is C26H30N2O3. The van der Waals surface area contributed by atoms with Gasteiger partial charge < -0.3 is 24.4 Å². The Morgan fingerprint density at radius 3 is 2.39 bits per heavy atom.